The molecule has 1 N–H and O–H groups in total. The number of amides is 1. The van der Waals surface area contributed by atoms with Crippen molar-refractivity contribution in [3.05, 3.63) is 62.8 Å². The Morgan fingerprint density at radius 2 is 1.91 bits per heavy atom. The lowest BCUT2D eigenvalue weighted by atomic mass is 9.99. The number of ether oxygens (including phenoxy) is 3. The van der Waals surface area contributed by atoms with Crippen LogP contribution in [0.15, 0.2) is 23.1 Å². The molecule has 3 aliphatic rings. The number of halogens is 3. The first-order valence-corrected chi connectivity index (χ1v) is 11.5. The number of carbonyl (C=O) groups excluding carboxylic acids is 1. The Morgan fingerprint density at radius 1 is 1.23 bits per heavy atom. The van der Waals surface area contributed by atoms with Crippen molar-refractivity contribution in [2.45, 2.75) is 50.7 Å². The number of rotatable bonds is 4. The van der Waals surface area contributed by atoms with E-state index in [4.69, 9.17) is 14.2 Å². The molecule has 2 aromatic rings. The molecule has 5 rings (SSSR count). The zero-order valence-electron chi connectivity index (χ0n) is 19.4. The number of benzene rings is 1. The monoisotopic (exact) mass is 493 g/mol. The van der Waals surface area contributed by atoms with Gasteiger partial charge < -0.3 is 24.1 Å². The molecule has 1 amide bonds. The van der Waals surface area contributed by atoms with Crippen molar-refractivity contribution in [3.8, 4) is 5.75 Å². The van der Waals surface area contributed by atoms with Crippen molar-refractivity contribution >= 4 is 5.91 Å². The van der Waals surface area contributed by atoms with E-state index < -0.39 is 46.7 Å². The third-order valence-electron chi connectivity index (χ3n) is 7.19. The number of methoxy groups -OCH3 is 1. The number of nitrogens with one attached hydrogen (secondary N) is 1. The molecule has 188 valence electrons. The molecule has 1 spiro atoms. The Bertz CT molecular complexity index is 1200. The van der Waals surface area contributed by atoms with Crippen LogP contribution in [-0.2, 0) is 22.6 Å². The molecule has 1 unspecified atom stereocenters. The molecule has 1 aromatic heterocycles. The van der Waals surface area contributed by atoms with Gasteiger partial charge in [-0.3, -0.25) is 14.5 Å². The largest absolute Gasteiger partial charge is 0.491 e. The molecule has 2 saturated heterocycles. The van der Waals surface area contributed by atoms with Gasteiger partial charge >= 0.3 is 0 Å². The lowest BCUT2D eigenvalue weighted by Gasteiger charge is -2.42. The maximum absolute atomic E-state index is 14.0. The van der Waals surface area contributed by atoms with Crippen molar-refractivity contribution in [2.75, 3.05) is 26.9 Å². The number of aromatic nitrogens is 1. The summed E-state index contributed by atoms with van der Waals surface area (Å²) in [5.41, 5.74) is -0.781. The molecule has 1 aromatic carbocycles. The van der Waals surface area contributed by atoms with Crippen LogP contribution < -0.4 is 15.5 Å². The highest BCUT2D eigenvalue weighted by molar-refractivity contribution is 5.94. The van der Waals surface area contributed by atoms with Gasteiger partial charge in [0.15, 0.2) is 11.5 Å². The molecule has 11 heteroatoms. The summed E-state index contributed by atoms with van der Waals surface area (Å²) in [5, 5.41) is 2.37. The van der Waals surface area contributed by atoms with Gasteiger partial charge in [-0.15, -0.1) is 0 Å². The first kappa shape index (κ1) is 23.8. The zero-order chi connectivity index (χ0) is 24.9. The fourth-order valence-corrected chi connectivity index (χ4v) is 5.28. The predicted octanol–water partition coefficient (Wildman–Crippen LogP) is 2.49. The van der Waals surface area contributed by atoms with Gasteiger partial charge in [-0.2, -0.15) is 0 Å². The van der Waals surface area contributed by atoms with E-state index in [1.54, 1.807) is 0 Å². The van der Waals surface area contributed by atoms with Gasteiger partial charge in [0.1, 0.15) is 29.1 Å². The van der Waals surface area contributed by atoms with E-state index in [2.05, 4.69) is 17.1 Å². The van der Waals surface area contributed by atoms with Crippen LogP contribution in [-0.4, -0.2) is 54.1 Å². The summed E-state index contributed by atoms with van der Waals surface area (Å²) >= 11 is 0. The van der Waals surface area contributed by atoms with Crippen LogP contribution in [0.3, 0.4) is 0 Å². The molecule has 0 saturated carbocycles. The first-order valence-electron chi connectivity index (χ1n) is 11.5. The molecule has 35 heavy (non-hydrogen) atoms. The fraction of sp³-hybridized carbons (Fsp3) is 0.500. The summed E-state index contributed by atoms with van der Waals surface area (Å²) in [6.45, 7) is 3.47. The fourth-order valence-electron chi connectivity index (χ4n) is 5.28. The molecule has 3 aliphatic heterocycles. The zero-order valence-corrected chi connectivity index (χ0v) is 19.4. The van der Waals surface area contributed by atoms with Gasteiger partial charge in [0.2, 0.25) is 5.43 Å². The highest BCUT2D eigenvalue weighted by Crippen LogP contribution is 2.44. The maximum atomic E-state index is 14.0. The molecule has 2 bridgehead atoms. The van der Waals surface area contributed by atoms with Gasteiger partial charge in [0.05, 0.1) is 26.0 Å². The molecule has 0 radical (unpaired) electrons. The van der Waals surface area contributed by atoms with Crippen LogP contribution in [0.5, 0.6) is 5.75 Å². The third kappa shape index (κ3) is 4.01. The molecule has 4 heterocycles. The second kappa shape index (κ2) is 8.96. The summed E-state index contributed by atoms with van der Waals surface area (Å²) in [4.78, 5) is 28.5. The minimum atomic E-state index is -1.13. The number of pyridine rings is 1. The van der Waals surface area contributed by atoms with Crippen LogP contribution in [0, 0.1) is 17.5 Å². The summed E-state index contributed by atoms with van der Waals surface area (Å²) in [7, 11) is 1.36. The Morgan fingerprint density at radius 3 is 2.57 bits per heavy atom. The van der Waals surface area contributed by atoms with Crippen molar-refractivity contribution in [1.29, 1.82) is 0 Å². The SMILES string of the molecule is COc1c2n(cc(C(=O)NCc3c(F)cc(F)cc3F)c1=O)[C@@H]1CN(C2)[C@@H](C)CCC12OCCO2. The van der Waals surface area contributed by atoms with Crippen LogP contribution >= 0.6 is 0 Å². The summed E-state index contributed by atoms with van der Waals surface area (Å²) in [6.07, 6.45) is 2.92. The van der Waals surface area contributed by atoms with E-state index in [0.717, 1.165) is 6.42 Å². The van der Waals surface area contributed by atoms with Crippen LogP contribution in [0.1, 0.15) is 47.4 Å². The number of carbonyl (C=O) groups is 1. The maximum Gasteiger partial charge on any atom is 0.257 e. The minimum absolute atomic E-state index is 0.0220. The molecule has 3 atom stereocenters. The third-order valence-corrected chi connectivity index (χ3v) is 7.19. The second-order valence-electron chi connectivity index (χ2n) is 9.13. The van der Waals surface area contributed by atoms with Crippen molar-refractivity contribution < 1.29 is 32.2 Å². The van der Waals surface area contributed by atoms with Crippen molar-refractivity contribution in [2.24, 2.45) is 0 Å². The van der Waals surface area contributed by atoms with Crippen LogP contribution in [0.4, 0.5) is 13.2 Å². The average molecular weight is 493 g/mol. The Balaban J connectivity index is 1.53. The normalized spacial score (nSPS) is 24.7. The highest BCUT2D eigenvalue weighted by atomic mass is 19.1. The quantitative estimate of drug-likeness (QED) is 0.705. The number of nitrogens with zero attached hydrogens (tertiary/aromatic N) is 2. The number of hydrogen-bond acceptors (Lipinski definition) is 6. The Kier molecular flexibility index (Phi) is 6.10. The lowest BCUT2D eigenvalue weighted by molar-refractivity contribution is -0.195. The van der Waals surface area contributed by atoms with E-state index in [0.29, 0.717) is 50.6 Å². The lowest BCUT2D eigenvalue weighted by Crippen LogP contribution is -2.49. The Labute approximate surface area is 199 Å². The van der Waals surface area contributed by atoms with E-state index in [9.17, 15) is 22.8 Å². The summed E-state index contributed by atoms with van der Waals surface area (Å²) < 4.78 is 60.7. The topological polar surface area (TPSA) is 82.0 Å². The van der Waals surface area contributed by atoms with E-state index in [1.807, 2.05) is 4.57 Å². The van der Waals surface area contributed by atoms with Gasteiger partial charge in [0, 0.05) is 56.0 Å². The summed E-state index contributed by atoms with van der Waals surface area (Å²) in [6, 6.07) is 0.941. The number of fused-ring (bicyclic) bond motifs is 5. The van der Waals surface area contributed by atoms with Crippen LogP contribution in [0.2, 0.25) is 0 Å². The van der Waals surface area contributed by atoms with Gasteiger partial charge in [-0.25, -0.2) is 13.2 Å². The summed E-state index contributed by atoms with van der Waals surface area (Å²) in [5.74, 6) is -5.04. The standard InChI is InChI=1S/C24H26F3N3O5/c1-13-3-4-24(34-5-6-35-24)20-12-29(13)11-19-22(33-2)21(31)16(10-30(19)20)23(32)28-9-15-17(26)7-14(25)8-18(15)27/h7-8,10,13,20H,3-6,9,11-12H2,1-2H3,(H,28,32)/t13-,20+/m0/s1. The smallest absolute Gasteiger partial charge is 0.257 e. The second-order valence-corrected chi connectivity index (χ2v) is 9.13. The van der Waals surface area contributed by atoms with Gasteiger partial charge in [-0.05, 0) is 13.3 Å². The van der Waals surface area contributed by atoms with Crippen molar-refractivity contribution in [1.82, 2.24) is 14.8 Å². The molecule has 2 fully saturated rings. The Hall–Kier alpha value is -2.89. The molecular formula is C24H26F3N3O5. The molecular weight excluding hydrogens is 467 g/mol. The highest BCUT2D eigenvalue weighted by Gasteiger charge is 2.51. The van der Waals surface area contributed by atoms with E-state index in [-0.39, 0.29) is 23.4 Å². The van der Waals surface area contributed by atoms with E-state index >= 15 is 0 Å². The van der Waals surface area contributed by atoms with Gasteiger partial charge in [0.25, 0.3) is 5.91 Å². The van der Waals surface area contributed by atoms with Gasteiger partial charge in [-0.1, -0.05) is 0 Å². The van der Waals surface area contributed by atoms with Crippen LogP contribution in [0.25, 0.3) is 0 Å². The molecule has 8 nitrogen and oxygen atoms in total. The molecule has 0 aliphatic carbocycles. The minimum Gasteiger partial charge on any atom is -0.491 e. The van der Waals surface area contributed by atoms with Crippen molar-refractivity contribution in [3.63, 3.8) is 0 Å². The van der Waals surface area contributed by atoms with E-state index in [1.165, 1.54) is 13.3 Å². The predicted molar refractivity (Wildman–Crippen MR) is 118 cm³/mol. The average Bonchev–Trinajstić information content (AvgIpc) is 3.27. The number of hydrogen-bond donors (Lipinski definition) is 1. The first-order chi connectivity index (χ1) is 16.7.